The lowest BCUT2D eigenvalue weighted by molar-refractivity contribution is -0.182. The number of carboxylic acid groups (broad SMARTS) is 1. The van der Waals surface area contributed by atoms with Crippen LogP contribution in [0.25, 0.3) is 16.6 Å². The number of sulfone groups is 1. The fourth-order valence-corrected chi connectivity index (χ4v) is 4.50. The normalized spacial score (nSPS) is 11.4. The second kappa shape index (κ2) is 16.8. The standard InChI is InChI=1S/C12H8ClFN2O4S.C10H8F6N.C7H5ClO3/c1-21(19,20)12-15-5-8(11(17)18)10(16-12)7-3-2-6(14)4-9(7)13;1-17-5-6-2-7(9(11,12)13)4-8(3-6)10(14,15)16;8-6-3-1-2-5(4-6)7(9)11-10/h2-5H,1H3,(H,17,18);2-4H,5H2,1H3;1-4,10H/q;-1;. The molecule has 0 amide bonds. The van der Waals surface area contributed by atoms with Crippen molar-refractivity contribution in [1.82, 2.24) is 9.97 Å². The minimum Gasteiger partial charge on any atom is -0.661 e. The zero-order valence-electron chi connectivity index (χ0n) is 24.6. The zero-order chi connectivity index (χ0) is 37.3. The molecule has 0 saturated heterocycles. The average molecular weight is 759 g/mol. The number of benzene rings is 3. The molecule has 20 heteroatoms. The maximum absolute atomic E-state index is 13.1. The number of aromatic nitrogens is 2. The number of halogens is 9. The van der Waals surface area contributed by atoms with Crippen LogP contribution in [0.15, 0.2) is 72.0 Å². The van der Waals surface area contributed by atoms with Crippen LogP contribution < -0.4 is 0 Å². The summed E-state index contributed by atoms with van der Waals surface area (Å²) in [5, 5.41) is 20.4. The topological polar surface area (TPSA) is 158 Å². The lowest BCUT2D eigenvalue weighted by Crippen LogP contribution is -2.11. The van der Waals surface area contributed by atoms with E-state index in [1.807, 2.05) is 0 Å². The maximum Gasteiger partial charge on any atom is 0.416 e. The highest BCUT2D eigenvalue weighted by Crippen LogP contribution is 2.36. The number of carboxylic acids is 1. The maximum atomic E-state index is 13.1. The van der Waals surface area contributed by atoms with E-state index in [9.17, 15) is 48.7 Å². The van der Waals surface area contributed by atoms with Gasteiger partial charge in [-0.15, -0.1) is 6.54 Å². The number of alkyl halides is 6. The minimum atomic E-state index is -4.80. The molecule has 0 saturated carbocycles. The summed E-state index contributed by atoms with van der Waals surface area (Å²) < 4.78 is 110. The van der Waals surface area contributed by atoms with Crippen LogP contribution in [0.3, 0.4) is 0 Å². The molecule has 0 atom stereocenters. The molecule has 0 aliphatic rings. The summed E-state index contributed by atoms with van der Waals surface area (Å²) in [6.07, 6.45) is -7.84. The number of hydrogen-bond donors (Lipinski definition) is 2. The number of rotatable bonds is 6. The van der Waals surface area contributed by atoms with Crippen LogP contribution in [0.4, 0.5) is 30.7 Å². The number of carbonyl (C=O) groups excluding carboxylic acids is 1. The van der Waals surface area contributed by atoms with Crippen molar-refractivity contribution in [2.24, 2.45) is 0 Å². The average Bonchev–Trinajstić information content (AvgIpc) is 3.00. The molecule has 1 heterocycles. The van der Waals surface area contributed by atoms with Gasteiger partial charge in [-0.25, -0.2) is 32.4 Å². The minimum absolute atomic E-state index is 0.0874. The van der Waals surface area contributed by atoms with Crippen molar-refractivity contribution in [2.75, 3.05) is 13.3 Å². The summed E-state index contributed by atoms with van der Waals surface area (Å²) in [5.41, 5.74) is -2.95. The molecule has 3 aromatic carbocycles. The Morgan fingerprint density at radius 1 is 0.939 bits per heavy atom. The fraction of sp³-hybridized carbons (Fsp3) is 0.172. The Morgan fingerprint density at radius 2 is 1.53 bits per heavy atom. The van der Waals surface area contributed by atoms with Gasteiger partial charge in [0, 0.05) is 23.0 Å². The smallest absolute Gasteiger partial charge is 0.416 e. The first-order chi connectivity index (χ1) is 22.6. The molecular formula is C29H21Cl2F7N3O7S-. The molecule has 2 N–H and O–H groups in total. The molecule has 0 aliphatic carbocycles. The molecule has 49 heavy (non-hydrogen) atoms. The summed E-state index contributed by atoms with van der Waals surface area (Å²) in [6.45, 7) is -0.188. The van der Waals surface area contributed by atoms with Crippen LogP contribution >= 0.6 is 23.2 Å². The molecular weight excluding hydrogens is 738 g/mol. The van der Waals surface area contributed by atoms with Gasteiger partial charge in [0.2, 0.25) is 15.0 Å². The number of aromatic carboxylic acids is 1. The third-order valence-corrected chi connectivity index (χ3v) is 7.05. The van der Waals surface area contributed by atoms with Gasteiger partial charge in [0.25, 0.3) is 0 Å². The Kier molecular flexibility index (Phi) is 14.0. The molecule has 10 nitrogen and oxygen atoms in total. The van der Waals surface area contributed by atoms with Gasteiger partial charge in [0.05, 0.1) is 27.4 Å². The van der Waals surface area contributed by atoms with E-state index < -0.39 is 56.2 Å². The molecule has 1 aromatic heterocycles. The van der Waals surface area contributed by atoms with Crippen molar-refractivity contribution in [3.05, 3.63) is 116 Å². The van der Waals surface area contributed by atoms with Crippen LogP contribution in [0, 0.1) is 5.82 Å². The summed E-state index contributed by atoms with van der Waals surface area (Å²) in [4.78, 5) is 32.6. The largest absolute Gasteiger partial charge is 0.661 e. The fourth-order valence-electron chi connectivity index (χ4n) is 3.55. The van der Waals surface area contributed by atoms with Crippen molar-refractivity contribution in [1.29, 1.82) is 0 Å². The van der Waals surface area contributed by atoms with Crippen molar-refractivity contribution in [3.8, 4) is 11.3 Å². The van der Waals surface area contributed by atoms with Crippen LogP contribution in [-0.2, 0) is 33.6 Å². The molecule has 0 unspecified atom stereocenters. The Labute approximate surface area is 283 Å². The zero-order valence-corrected chi connectivity index (χ0v) is 27.0. The molecule has 264 valence electrons. The van der Waals surface area contributed by atoms with Gasteiger partial charge >= 0.3 is 24.3 Å². The summed E-state index contributed by atoms with van der Waals surface area (Å²) >= 11 is 11.4. The van der Waals surface area contributed by atoms with Gasteiger partial charge in [-0.3, -0.25) is 4.89 Å². The SMILES string of the molecule is CS(=O)(=O)c1ncc(C(=O)O)c(-c2ccc(F)cc2Cl)n1.C[N-]Cc1cc(C(F)(F)F)cc(C(F)(F)F)c1.O=C(OO)c1cccc(Cl)c1. The monoisotopic (exact) mass is 758 g/mol. The van der Waals surface area contributed by atoms with Crippen LogP contribution in [-0.4, -0.2) is 54.0 Å². The lowest BCUT2D eigenvalue weighted by Gasteiger charge is -2.17. The van der Waals surface area contributed by atoms with E-state index in [4.69, 9.17) is 33.6 Å². The van der Waals surface area contributed by atoms with E-state index in [0.717, 1.165) is 24.6 Å². The van der Waals surface area contributed by atoms with Crippen LogP contribution in [0.2, 0.25) is 10.0 Å². The number of carbonyl (C=O) groups is 2. The second-order valence-corrected chi connectivity index (χ2v) is 12.1. The third kappa shape index (κ3) is 12.2. The van der Waals surface area contributed by atoms with E-state index >= 15 is 0 Å². The summed E-state index contributed by atoms with van der Waals surface area (Å²) in [5.74, 6) is -2.78. The van der Waals surface area contributed by atoms with Gasteiger partial charge < -0.3 is 10.4 Å². The third-order valence-electron chi connectivity index (χ3n) is 5.65. The predicted octanol–water partition coefficient (Wildman–Crippen LogP) is 8.24. The molecule has 0 bridgehead atoms. The molecule has 0 fully saturated rings. The van der Waals surface area contributed by atoms with Crippen molar-refractivity contribution in [2.45, 2.75) is 24.1 Å². The first-order valence-electron chi connectivity index (χ1n) is 12.8. The molecule has 0 aliphatic heterocycles. The van der Waals surface area contributed by atoms with E-state index in [1.54, 1.807) is 12.1 Å². The second-order valence-electron chi connectivity index (χ2n) is 9.39. The quantitative estimate of drug-likeness (QED) is 0.0855. The van der Waals surface area contributed by atoms with Crippen LogP contribution in [0.5, 0.6) is 0 Å². The van der Waals surface area contributed by atoms with E-state index in [2.05, 4.69) is 20.2 Å². The highest BCUT2D eigenvalue weighted by atomic mass is 35.5. The van der Waals surface area contributed by atoms with Crippen molar-refractivity contribution >= 4 is 45.0 Å². The van der Waals surface area contributed by atoms with E-state index in [0.29, 0.717) is 17.2 Å². The van der Waals surface area contributed by atoms with E-state index in [-0.39, 0.29) is 45.6 Å². The molecule has 0 spiro atoms. The highest BCUT2D eigenvalue weighted by Gasteiger charge is 2.36. The first-order valence-corrected chi connectivity index (χ1v) is 15.4. The molecule has 4 aromatic rings. The van der Waals surface area contributed by atoms with Crippen molar-refractivity contribution < 1.29 is 64.0 Å². The molecule has 4 rings (SSSR count). The molecule has 0 radical (unpaired) electrons. The van der Waals surface area contributed by atoms with Crippen molar-refractivity contribution in [3.63, 3.8) is 0 Å². The Hall–Kier alpha value is -4.36. The highest BCUT2D eigenvalue weighted by molar-refractivity contribution is 7.90. The summed E-state index contributed by atoms with van der Waals surface area (Å²) in [7, 11) is -2.42. The van der Waals surface area contributed by atoms with Crippen LogP contribution in [0.1, 0.15) is 37.4 Å². The van der Waals surface area contributed by atoms with Gasteiger partial charge in [-0.1, -0.05) is 34.8 Å². The summed E-state index contributed by atoms with van der Waals surface area (Å²) in [6, 6.07) is 10.8. The van der Waals surface area contributed by atoms with Gasteiger partial charge in [-0.05, 0) is 54.6 Å². The van der Waals surface area contributed by atoms with Gasteiger partial charge in [-0.2, -0.15) is 38.6 Å². The Balaban J connectivity index is 0.000000268. The van der Waals surface area contributed by atoms with E-state index in [1.165, 1.54) is 25.2 Å². The number of hydrogen-bond acceptors (Lipinski definition) is 8. The van der Waals surface area contributed by atoms with Gasteiger partial charge in [0.1, 0.15) is 11.4 Å². The lowest BCUT2D eigenvalue weighted by atomic mass is 10.0. The predicted molar refractivity (Wildman–Crippen MR) is 161 cm³/mol. The Bertz CT molecular complexity index is 1900. The number of nitrogens with zero attached hydrogens (tertiary/aromatic N) is 3. The Morgan fingerprint density at radius 3 is 1.98 bits per heavy atom. The van der Waals surface area contributed by atoms with Gasteiger partial charge in [0.15, 0.2) is 0 Å². The first kappa shape index (κ1) is 40.8.